The zero-order chi connectivity index (χ0) is 13.3. The molecule has 1 nitrogen and oxygen atoms in total. The standard InChI is InChI=1S/C15H14ClFO/c1-9-5-11(8-13(17)6-9)15(18)14-4-3-12(16)7-10(14)2/h3-8,15,18H,1-2H3. The molecule has 0 heterocycles. The summed E-state index contributed by atoms with van der Waals surface area (Å²) in [7, 11) is 0. The molecule has 2 aromatic rings. The van der Waals surface area contributed by atoms with Crippen molar-refractivity contribution in [2.24, 2.45) is 0 Å². The number of aliphatic hydroxyl groups excluding tert-OH is 1. The van der Waals surface area contributed by atoms with Gasteiger partial charge in [-0.1, -0.05) is 23.7 Å². The molecule has 0 fully saturated rings. The second kappa shape index (κ2) is 5.09. The highest BCUT2D eigenvalue weighted by Gasteiger charge is 2.14. The maximum Gasteiger partial charge on any atom is 0.123 e. The van der Waals surface area contributed by atoms with Gasteiger partial charge in [0.1, 0.15) is 11.9 Å². The highest BCUT2D eigenvalue weighted by Crippen LogP contribution is 2.27. The summed E-state index contributed by atoms with van der Waals surface area (Å²) in [4.78, 5) is 0. The van der Waals surface area contributed by atoms with Crippen LogP contribution in [0.25, 0.3) is 0 Å². The Bertz CT molecular complexity index is 560. The van der Waals surface area contributed by atoms with Crippen molar-refractivity contribution in [3.63, 3.8) is 0 Å². The molecule has 94 valence electrons. The third-order valence-corrected chi connectivity index (χ3v) is 3.14. The number of aryl methyl sites for hydroxylation is 2. The summed E-state index contributed by atoms with van der Waals surface area (Å²) in [6.07, 6.45) is -0.836. The molecular weight excluding hydrogens is 251 g/mol. The van der Waals surface area contributed by atoms with E-state index in [0.29, 0.717) is 10.6 Å². The summed E-state index contributed by atoms with van der Waals surface area (Å²) in [6, 6.07) is 9.84. The molecule has 0 saturated heterocycles. The van der Waals surface area contributed by atoms with Gasteiger partial charge in [0.25, 0.3) is 0 Å². The van der Waals surface area contributed by atoms with Crippen molar-refractivity contribution >= 4 is 11.6 Å². The van der Waals surface area contributed by atoms with Crippen LogP contribution in [0, 0.1) is 19.7 Å². The fourth-order valence-electron chi connectivity index (χ4n) is 2.05. The number of rotatable bonds is 2. The number of hydrogen-bond acceptors (Lipinski definition) is 1. The Labute approximate surface area is 111 Å². The third-order valence-electron chi connectivity index (χ3n) is 2.91. The van der Waals surface area contributed by atoms with Crippen molar-refractivity contribution in [1.29, 1.82) is 0 Å². The molecule has 1 atom stereocenters. The van der Waals surface area contributed by atoms with E-state index in [9.17, 15) is 9.50 Å². The molecule has 2 aromatic carbocycles. The van der Waals surface area contributed by atoms with E-state index in [0.717, 1.165) is 16.7 Å². The topological polar surface area (TPSA) is 20.2 Å². The van der Waals surface area contributed by atoms with E-state index < -0.39 is 6.10 Å². The first-order valence-corrected chi connectivity index (χ1v) is 6.06. The number of hydrogen-bond donors (Lipinski definition) is 1. The Morgan fingerprint density at radius 2 is 1.83 bits per heavy atom. The lowest BCUT2D eigenvalue weighted by Crippen LogP contribution is -2.03. The Morgan fingerprint density at radius 3 is 2.44 bits per heavy atom. The van der Waals surface area contributed by atoms with Gasteiger partial charge in [-0.25, -0.2) is 4.39 Å². The summed E-state index contributed by atoms with van der Waals surface area (Å²) >= 11 is 5.88. The maximum atomic E-state index is 13.3. The largest absolute Gasteiger partial charge is 0.384 e. The first-order chi connectivity index (χ1) is 8.47. The van der Waals surface area contributed by atoms with Crippen LogP contribution >= 0.6 is 11.6 Å². The molecule has 0 saturated carbocycles. The average Bonchev–Trinajstić information content (AvgIpc) is 2.26. The van der Waals surface area contributed by atoms with Gasteiger partial charge in [-0.3, -0.25) is 0 Å². The SMILES string of the molecule is Cc1cc(F)cc(C(O)c2ccc(Cl)cc2C)c1. The van der Waals surface area contributed by atoms with Crippen LogP contribution in [0.5, 0.6) is 0 Å². The Kier molecular flexibility index (Phi) is 3.69. The van der Waals surface area contributed by atoms with Crippen molar-refractivity contribution in [3.8, 4) is 0 Å². The second-order valence-electron chi connectivity index (χ2n) is 4.47. The van der Waals surface area contributed by atoms with E-state index in [1.54, 1.807) is 31.2 Å². The molecule has 0 amide bonds. The van der Waals surface area contributed by atoms with Gasteiger partial charge in [0, 0.05) is 5.02 Å². The monoisotopic (exact) mass is 264 g/mol. The predicted molar refractivity (Wildman–Crippen MR) is 71.4 cm³/mol. The molecule has 0 aromatic heterocycles. The first-order valence-electron chi connectivity index (χ1n) is 5.68. The lowest BCUT2D eigenvalue weighted by molar-refractivity contribution is 0.219. The number of benzene rings is 2. The van der Waals surface area contributed by atoms with E-state index in [2.05, 4.69) is 0 Å². The van der Waals surface area contributed by atoms with Crippen molar-refractivity contribution in [2.75, 3.05) is 0 Å². The van der Waals surface area contributed by atoms with Gasteiger partial charge in [0.05, 0.1) is 0 Å². The van der Waals surface area contributed by atoms with Crippen molar-refractivity contribution in [1.82, 2.24) is 0 Å². The molecular formula is C15H14ClFO. The molecule has 1 unspecified atom stereocenters. The fourth-order valence-corrected chi connectivity index (χ4v) is 2.27. The van der Waals surface area contributed by atoms with E-state index >= 15 is 0 Å². The van der Waals surface area contributed by atoms with E-state index in [1.807, 2.05) is 6.92 Å². The lowest BCUT2D eigenvalue weighted by atomic mass is 9.96. The van der Waals surface area contributed by atoms with Gasteiger partial charge in [-0.05, 0) is 60.4 Å². The summed E-state index contributed by atoms with van der Waals surface area (Å²) in [5.41, 5.74) is 2.97. The highest BCUT2D eigenvalue weighted by atomic mass is 35.5. The zero-order valence-corrected chi connectivity index (χ0v) is 11.0. The van der Waals surface area contributed by atoms with Crippen molar-refractivity contribution in [2.45, 2.75) is 20.0 Å². The van der Waals surface area contributed by atoms with Crippen LogP contribution in [0.2, 0.25) is 5.02 Å². The summed E-state index contributed by atoms with van der Waals surface area (Å²) in [5.74, 6) is -0.337. The van der Waals surface area contributed by atoms with Crippen LogP contribution in [-0.2, 0) is 0 Å². The third kappa shape index (κ3) is 2.71. The summed E-state index contributed by atoms with van der Waals surface area (Å²) in [5, 5.41) is 10.9. The molecule has 0 aliphatic carbocycles. The Hall–Kier alpha value is -1.38. The molecule has 0 spiro atoms. The molecule has 0 aliphatic rings. The minimum absolute atomic E-state index is 0.337. The van der Waals surface area contributed by atoms with E-state index in [1.165, 1.54) is 12.1 Å². The van der Waals surface area contributed by atoms with E-state index in [4.69, 9.17) is 11.6 Å². The number of aliphatic hydroxyl groups is 1. The number of halogens is 2. The van der Waals surface area contributed by atoms with Crippen LogP contribution in [0.3, 0.4) is 0 Å². The van der Waals surface area contributed by atoms with Crippen LogP contribution in [0.1, 0.15) is 28.4 Å². The molecule has 0 bridgehead atoms. The van der Waals surface area contributed by atoms with Crippen molar-refractivity contribution in [3.05, 3.63) is 69.5 Å². The molecule has 0 radical (unpaired) electrons. The summed E-state index contributed by atoms with van der Waals surface area (Å²) < 4.78 is 13.3. The van der Waals surface area contributed by atoms with Gasteiger partial charge in [-0.15, -0.1) is 0 Å². The molecule has 3 heteroatoms. The van der Waals surface area contributed by atoms with Gasteiger partial charge < -0.3 is 5.11 Å². The molecule has 0 aliphatic heterocycles. The quantitative estimate of drug-likeness (QED) is 0.863. The van der Waals surface area contributed by atoms with Crippen LogP contribution < -0.4 is 0 Å². The zero-order valence-electron chi connectivity index (χ0n) is 10.2. The minimum Gasteiger partial charge on any atom is -0.384 e. The smallest absolute Gasteiger partial charge is 0.123 e. The Morgan fingerprint density at radius 1 is 1.11 bits per heavy atom. The van der Waals surface area contributed by atoms with E-state index in [-0.39, 0.29) is 5.82 Å². The van der Waals surface area contributed by atoms with Crippen LogP contribution in [-0.4, -0.2) is 5.11 Å². The maximum absolute atomic E-state index is 13.3. The van der Waals surface area contributed by atoms with Gasteiger partial charge in [-0.2, -0.15) is 0 Å². The molecule has 1 N–H and O–H groups in total. The molecule has 2 rings (SSSR count). The van der Waals surface area contributed by atoms with Crippen LogP contribution in [0.4, 0.5) is 4.39 Å². The predicted octanol–water partition coefficient (Wildman–Crippen LogP) is 4.18. The van der Waals surface area contributed by atoms with Crippen molar-refractivity contribution < 1.29 is 9.50 Å². The molecule has 18 heavy (non-hydrogen) atoms. The van der Waals surface area contributed by atoms with Gasteiger partial charge in [0.2, 0.25) is 0 Å². The van der Waals surface area contributed by atoms with Gasteiger partial charge >= 0.3 is 0 Å². The Balaban J connectivity index is 2.44. The minimum atomic E-state index is -0.836. The second-order valence-corrected chi connectivity index (χ2v) is 4.90. The fraction of sp³-hybridized carbons (Fsp3) is 0.200. The first kappa shape index (κ1) is 13.1. The normalized spacial score (nSPS) is 12.5. The van der Waals surface area contributed by atoms with Gasteiger partial charge in [0.15, 0.2) is 0 Å². The van der Waals surface area contributed by atoms with Crippen LogP contribution in [0.15, 0.2) is 36.4 Å². The lowest BCUT2D eigenvalue weighted by Gasteiger charge is -2.15. The summed E-state index contributed by atoms with van der Waals surface area (Å²) in [6.45, 7) is 3.67. The average molecular weight is 265 g/mol. The highest BCUT2D eigenvalue weighted by molar-refractivity contribution is 6.30.